The Morgan fingerprint density at radius 1 is 1.19 bits per heavy atom. The Hall–Kier alpha value is -2.93. The third kappa shape index (κ3) is 6.18. The number of carbonyl (C=O) groups excluding carboxylic acids is 1. The van der Waals surface area contributed by atoms with E-state index < -0.39 is 4.92 Å². The van der Waals surface area contributed by atoms with E-state index in [-0.39, 0.29) is 18.2 Å². The van der Waals surface area contributed by atoms with Gasteiger partial charge in [-0.25, -0.2) is 0 Å². The van der Waals surface area contributed by atoms with Gasteiger partial charge in [0.15, 0.2) is 6.61 Å². The lowest BCUT2D eigenvalue weighted by atomic mass is 10.1. The summed E-state index contributed by atoms with van der Waals surface area (Å²) in [5.74, 6) is 0.00605. The topological polar surface area (TPSA) is 84.7 Å². The van der Waals surface area contributed by atoms with Crippen LogP contribution in [-0.4, -0.2) is 35.9 Å². The van der Waals surface area contributed by atoms with Gasteiger partial charge in [0.25, 0.3) is 11.6 Å². The standard InChI is InChI=1S/C19H23N3O4/c1-3-21(2)13-16-7-4-6-15(10-16)12-20-19(23)14-26-18-9-5-8-17(11-18)22(24)25/h4-11H,3,12-14H2,1-2H3,(H,20,23). The number of amides is 1. The minimum Gasteiger partial charge on any atom is -0.484 e. The fourth-order valence-corrected chi connectivity index (χ4v) is 2.35. The summed E-state index contributed by atoms with van der Waals surface area (Å²) < 4.78 is 5.31. The molecule has 0 aromatic heterocycles. The predicted molar refractivity (Wildman–Crippen MR) is 98.9 cm³/mol. The molecule has 26 heavy (non-hydrogen) atoms. The molecular formula is C19H23N3O4. The third-order valence-corrected chi connectivity index (χ3v) is 3.87. The van der Waals surface area contributed by atoms with Crippen molar-refractivity contribution in [1.82, 2.24) is 10.2 Å². The summed E-state index contributed by atoms with van der Waals surface area (Å²) in [5, 5.41) is 13.5. The molecule has 0 fully saturated rings. The van der Waals surface area contributed by atoms with E-state index in [1.54, 1.807) is 6.07 Å². The number of nitro benzene ring substituents is 1. The first-order valence-corrected chi connectivity index (χ1v) is 8.38. The van der Waals surface area contributed by atoms with Gasteiger partial charge in [-0.3, -0.25) is 14.9 Å². The van der Waals surface area contributed by atoms with E-state index in [2.05, 4.69) is 36.3 Å². The molecule has 0 atom stereocenters. The van der Waals surface area contributed by atoms with Crippen molar-refractivity contribution in [3.8, 4) is 5.75 Å². The van der Waals surface area contributed by atoms with E-state index in [1.807, 2.05) is 12.1 Å². The third-order valence-electron chi connectivity index (χ3n) is 3.87. The van der Waals surface area contributed by atoms with Gasteiger partial charge in [0, 0.05) is 19.2 Å². The SMILES string of the molecule is CCN(C)Cc1cccc(CNC(=O)COc2cccc([N+](=O)[O-])c2)c1. The van der Waals surface area contributed by atoms with Gasteiger partial charge in [-0.2, -0.15) is 0 Å². The van der Waals surface area contributed by atoms with Crippen LogP contribution in [0.5, 0.6) is 5.75 Å². The van der Waals surface area contributed by atoms with Crippen molar-refractivity contribution in [3.05, 3.63) is 69.8 Å². The number of ether oxygens (including phenoxy) is 1. The van der Waals surface area contributed by atoms with Crippen LogP contribution in [0.3, 0.4) is 0 Å². The van der Waals surface area contributed by atoms with Crippen LogP contribution >= 0.6 is 0 Å². The quantitative estimate of drug-likeness (QED) is 0.551. The fraction of sp³-hybridized carbons (Fsp3) is 0.316. The highest BCUT2D eigenvalue weighted by Gasteiger charge is 2.08. The molecule has 0 aliphatic carbocycles. The van der Waals surface area contributed by atoms with Crippen LogP contribution in [0.15, 0.2) is 48.5 Å². The number of nitro groups is 1. The first kappa shape index (κ1) is 19.4. The van der Waals surface area contributed by atoms with Crippen LogP contribution in [0.4, 0.5) is 5.69 Å². The summed E-state index contributed by atoms with van der Waals surface area (Å²) >= 11 is 0. The van der Waals surface area contributed by atoms with E-state index in [1.165, 1.54) is 23.8 Å². The Bertz CT molecular complexity index is 764. The monoisotopic (exact) mass is 357 g/mol. The Balaban J connectivity index is 1.82. The molecule has 7 nitrogen and oxygen atoms in total. The van der Waals surface area contributed by atoms with Crippen LogP contribution in [-0.2, 0) is 17.9 Å². The molecule has 0 aliphatic heterocycles. The zero-order valence-corrected chi connectivity index (χ0v) is 15.0. The molecule has 0 saturated heterocycles. The van der Waals surface area contributed by atoms with Gasteiger partial charge in [-0.1, -0.05) is 37.3 Å². The molecule has 0 bridgehead atoms. The van der Waals surface area contributed by atoms with Crippen LogP contribution in [0.25, 0.3) is 0 Å². The number of benzene rings is 2. The number of nitrogens with one attached hydrogen (secondary N) is 1. The largest absolute Gasteiger partial charge is 0.484 e. The molecule has 2 rings (SSSR count). The molecule has 0 heterocycles. The lowest BCUT2D eigenvalue weighted by Gasteiger charge is -2.14. The number of rotatable bonds is 9. The maximum Gasteiger partial charge on any atom is 0.273 e. The van der Waals surface area contributed by atoms with Crippen molar-refractivity contribution in [3.63, 3.8) is 0 Å². The van der Waals surface area contributed by atoms with Crippen molar-refractivity contribution in [1.29, 1.82) is 0 Å². The molecule has 0 aliphatic rings. The number of non-ortho nitro benzene ring substituents is 1. The number of carbonyl (C=O) groups is 1. The molecule has 2 aromatic carbocycles. The second-order valence-electron chi connectivity index (χ2n) is 5.97. The van der Waals surface area contributed by atoms with Crippen LogP contribution in [0, 0.1) is 10.1 Å². The van der Waals surface area contributed by atoms with E-state index in [0.717, 1.165) is 18.7 Å². The molecular weight excluding hydrogens is 334 g/mol. The number of hydrogen-bond acceptors (Lipinski definition) is 5. The van der Waals surface area contributed by atoms with Gasteiger partial charge < -0.3 is 15.0 Å². The molecule has 1 amide bonds. The van der Waals surface area contributed by atoms with Crippen molar-refractivity contribution in [2.24, 2.45) is 0 Å². The van der Waals surface area contributed by atoms with Gasteiger partial charge in [0.1, 0.15) is 5.75 Å². The smallest absolute Gasteiger partial charge is 0.273 e. The Kier molecular flexibility index (Phi) is 7.11. The van der Waals surface area contributed by atoms with Gasteiger partial charge in [0.2, 0.25) is 0 Å². The first-order chi connectivity index (χ1) is 12.5. The zero-order chi connectivity index (χ0) is 18.9. The van der Waals surface area contributed by atoms with E-state index in [4.69, 9.17) is 4.74 Å². The first-order valence-electron chi connectivity index (χ1n) is 8.38. The predicted octanol–water partition coefficient (Wildman–Crippen LogP) is 2.74. The Labute approximate surface area is 152 Å². The lowest BCUT2D eigenvalue weighted by molar-refractivity contribution is -0.384. The van der Waals surface area contributed by atoms with Gasteiger partial charge >= 0.3 is 0 Å². The summed E-state index contributed by atoms with van der Waals surface area (Å²) in [4.78, 5) is 24.4. The number of nitrogens with zero attached hydrogens (tertiary/aromatic N) is 2. The van der Waals surface area contributed by atoms with Gasteiger partial charge in [-0.15, -0.1) is 0 Å². The summed E-state index contributed by atoms with van der Waals surface area (Å²) in [6, 6.07) is 13.8. The summed E-state index contributed by atoms with van der Waals surface area (Å²) in [5.41, 5.74) is 2.13. The maximum absolute atomic E-state index is 11.9. The van der Waals surface area contributed by atoms with E-state index in [9.17, 15) is 14.9 Å². The number of hydrogen-bond donors (Lipinski definition) is 1. The maximum atomic E-state index is 11.9. The second-order valence-corrected chi connectivity index (χ2v) is 5.97. The van der Waals surface area contributed by atoms with E-state index >= 15 is 0 Å². The molecule has 7 heteroatoms. The van der Waals surface area contributed by atoms with Crippen LogP contribution in [0.1, 0.15) is 18.1 Å². The van der Waals surface area contributed by atoms with Crippen molar-refractivity contribution in [2.75, 3.05) is 20.2 Å². The van der Waals surface area contributed by atoms with E-state index in [0.29, 0.717) is 12.3 Å². The molecule has 2 aromatic rings. The van der Waals surface area contributed by atoms with Gasteiger partial charge in [0.05, 0.1) is 11.0 Å². The normalized spacial score (nSPS) is 10.6. The average molecular weight is 357 g/mol. The lowest BCUT2D eigenvalue weighted by Crippen LogP contribution is -2.28. The molecule has 0 saturated carbocycles. The molecule has 138 valence electrons. The Morgan fingerprint density at radius 2 is 1.92 bits per heavy atom. The van der Waals surface area contributed by atoms with Crippen molar-refractivity contribution >= 4 is 11.6 Å². The summed E-state index contributed by atoms with van der Waals surface area (Å²) in [6.45, 7) is 4.13. The minimum absolute atomic E-state index is 0.0724. The highest BCUT2D eigenvalue weighted by Crippen LogP contribution is 2.18. The highest BCUT2D eigenvalue weighted by atomic mass is 16.6. The fourth-order valence-electron chi connectivity index (χ4n) is 2.35. The van der Waals surface area contributed by atoms with Crippen LogP contribution < -0.4 is 10.1 Å². The summed E-state index contributed by atoms with van der Waals surface area (Å²) in [7, 11) is 2.06. The molecule has 0 spiro atoms. The van der Waals surface area contributed by atoms with Crippen molar-refractivity contribution in [2.45, 2.75) is 20.0 Å². The zero-order valence-electron chi connectivity index (χ0n) is 15.0. The van der Waals surface area contributed by atoms with Crippen molar-refractivity contribution < 1.29 is 14.5 Å². The minimum atomic E-state index is -0.504. The van der Waals surface area contributed by atoms with Gasteiger partial charge in [-0.05, 0) is 30.8 Å². The Morgan fingerprint density at radius 3 is 2.65 bits per heavy atom. The molecule has 1 N–H and O–H groups in total. The van der Waals surface area contributed by atoms with Crippen LogP contribution in [0.2, 0.25) is 0 Å². The highest BCUT2D eigenvalue weighted by molar-refractivity contribution is 5.77. The second kappa shape index (κ2) is 9.53. The molecule has 0 radical (unpaired) electrons. The summed E-state index contributed by atoms with van der Waals surface area (Å²) in [6.07, 6.45) is 0. The molecule has 0 unspecified atom stereocenters. The average Bonchev–Trinajstić information content (AvgIpc) is 2.65.